The first kappa shape index (κ1) is 20.6. The lowest BCUT2D eigenvalue weighted by atomic mass is 10.1. The monoisotopic (exact) mass is 441 g/mol. The van der Waals surface area contributed by atoms with Crippen molar-refractivity contribution in [3.63, 3.8) is 0 Å². The van der Waals surface area contributed by atoms with E-state index >= 15 is 0 Å². The molecule has 0 bridgehead atoms. The van der Waals surface area contributed by atoms with Gasteiger partial charge in [0.15, 0.2) is 0 Å². The molecule has 2 aromatic heterocycles. The molecule has 2 aromatic carbocycles. The first-order valence-electron chi connectivity index (χ1n) is 10.8. The summed E-state index contributed by atoms with van der Waals surface area (Å²) in [7, 11) is 0. The fraction of sp³-hybridized carbons (Fsp3) is 0.208. The Kier molecular flexibility index (Phi) is 5.43. The Morgan fingerprint density at radius 3 is 2.42 bits per heavy atom. The van der Waals surface area contributed by atoms with Gasteiger partial charge in [-0.15, -0.1) is 0 Å². The van der Waals surface area contributed by atoms with E-state index in [1.165, 1.54) is 6.33 Å². The molecule has 0 aliphatic carbocycles. The van der Waals surface area contributed by atoms with Crippen LogP contribution in [-0.2, 0) is 0 Å². The SMILES string of the molecule is Cc1ccc2cccc(Nc3ncnc(N4CCN(c5ccccc5)CC4)c3[N+](=O)[O-])c2n1. The van der Waals surface area contributed by atoms with E-state index in [1.807, 2.05) is 60.4 Å². The van der Waals surface area contributed by atoms with Gasteiger partial charge in [-0.2, -0.15) is 0 Å². The second-order valence-electron chi connectivity index (χ2n) is 7.92. The number of anilines is 4. The van der Waals surface area contributed by atoms with E-state index in [0.29, 0.717) is 24.6 Å². The van der Waals surface area contributed by atoms with Crippen molar-refractivity contribution in [1.82, 2.24) is 15.0 Å². The standard InChI is InChI=1S/C24H23N7O2/c1-17-10-11-18-6-5-9-20(21(18)27-17)28-23-22(31(32)33)24(26-16-25-23)30-14-12-29(13-15-30)19-7-3-2-4-8-19/h2-11,16H,12-15H2,1H3,(H,25,26,28). The largest absolute Gasteiger partial charge is 0.368 e. The molecule has 0 atom stereocenters. The van der Waals surface area contributed by atoms with E-state index in [0.717, 1.165) is 35.4 Å². The smallest absolute Gasteiger partial charge is 0.353 e. The Balaban J connectivity index is 1.44. The van der Waals surface area contributed by atoms with E-state index < -0.39 is 4.92 Å². The highest BCUT2D eigenvalue weighted by Gasteiger charge is 2.29. The molecule has 9 heteroatoms. The van der Waals surface area contributed by atoms with Crippen molar-refractivity contribution < 1.29 is 4.92 Å². The highest BCUT2D eigenvalue weighted by atomic mass is 16.6. The zero-order valence-electron chi connectivity index (χ0n) is 18.2. The van der Waals surface area contributed by atoms with Gasteiger partial charge in [-0.1, -0.05) is 36.4 Å². The predicted octanol–water partition coefficient (Wildman–Crippen LogP) is 4.31. The number of piperazine rings is 1. The number of fused-ring (bicyclic) bond motifs is 1. The van der Waals surface area contributed by atoms with Crippen LogP contribution in [0.25, 0.3) is 10.9 Å². The van der Waals surface area contributed by atoms with Crippen LogP contribution in [0.5, 0.6) is 0 Å². The van der Waals surface area contributed by atoms with Gasteiger partial charge in [-0.3, -0.25) is 15.1 Å². The molecule has 33 heavy (non-hydrogen) atoms. The molecule has 0 saturated carbocycles. The van der Waals surface area contributed by atoms with Crippen LogP contribution in [-0.4, -0.2) is 46.1 Å². The van der Waals surface area contributed by atoms with Crippen LogP contribution in [0.4, 0.5) is 28.7 Å². The Bertz CT molecular complexity index is 1300. The second-order valence-corrected chi connectivity index (χ2v) is 7.92. The number of nitrogens with one attached hydrogen (secondary N) is 1. The molecular formula is C24H23N7O2. The zero-order valence-corrected chi connectivity index (χ0v) is 18.2. The van der Waals surface area contributed by atoms with E-state index in [-0.39, 0.29) is 11.5 Å². The lowest BCUT2D eigenvalue weighted by Crippen LogP contribution is -2.47. The maximum Gasteiger partial charge on any atom is 0.353 e. The van der Waals surface area contributed by atoms with E-state index in [1.54, 1.807) is 0 Å². The summed E-state index contributed by atoms with van der Waals surface area (Å²) < 4.78 is 0. The number of aryl methyl sites for hydroxylation is 1. The second kappa shape index (κ2) is 8.70. The summed E-state index contributed by atoms with van der Waals surface area (Å²) in [6.07, 6.45) is 1.37. The van der Waals surface area contributed by atoms with Crippen LogP contribution in [0.15, 0.2) is 67.0 Å². The third kappa shape index (κ3) is 4.12. The molecule has 5 rings (SSSR count). The number of nitro groups is 1. The molecule has 1 fully saturated rings. The van der Waals surface area contributed by atoms with Crippen molar-refractivity contribution in [3.8, 4) is 0 Å². The fourth-order valence-electron chi connectivity index (χ4n) is 4.15. The number of benzene rings is 2. The van der Waals surface area contributed by atoms with Crippen molar-refractivity contribution in [1.29, 1.82) is 0 Å². The van der Waals surface area contributed by atoms with Gasteiger partial charge < -0.3 is 15.1 Å². The van der Waals surface area contributed by atoms with Crippen molar-refractivity contribution in [2.45, 2.75) is 6.92 Å². The molecule has 0 amide bonds. The van der Waals surface area contributed by atoms with E-state index in [9.17, 15) is 10.1 Å². The maximum absolute atomic E-state index is 12.1. The van der Waals surface area contributed by atoms with Gasteiger partial charge in [0.05, 0.1) is 16.1 Å². The zero-order chi connectivity index (χ0) is 22.8. The summed E-state index contributed by atoms with van der Waals surface area (Å²) in [5.74, 6) is 0.487. The molecule has 0 spiro atoms. The van der Waals surface area contributed by atoms with Gasteiger partial charge in [0.2, 0.25) is 11.6 Å². The van der Waals surface area contributed by atoms with Gasteiger partial charge in [0.1, 0.15) is 6.33 Å². The Morgan fingerprint density at radius 2 is 1.67 bits per heavy atom. The molecule has 3 heterocycles. The maximum atomic E-state index is 12.1. The molecule has 1 aliphatic heterocycles. The van der Waals surface area contributed by atoms with E-state index in [4.69, 9.17) is 0 Å². The van der Waals surface area contributed by atoms with Crippen LogP contribution >= 0.6 is 0 Å². The molecule has 1 N–H and O–H groups in total. The van der Waals surface area contributed by atoms with Gasteiger partial charge >= 0.3 is 5.69 Å². The van der Waals surface area contributed by atoms with Gasteiger partial charge in [-0.25, -0.2) is 9.97 Å². The Labute approximate surface area is 190 Å². The highest BCUT2D eigenvalue weighted by Crippen LogP contribution is 2.35. The summed E-state index contributed by atoms with van der Waals surface area (Å²) in [5.41, 5.74) is 3.29. The van der Waals surface area contributed by atoms with Crippen molar-refractivity contribution in [2.24, 2.45) is 0 Å². The van der Waals surface area contributed by atoms with Crippen LogP contribution in [0.3, 0.4) is 0 Å². The van der Waals surface area contributed by atoms with Crippen LogP contribution in [0, 0.1) is 17.0 Å². The number of aromatic nitrogens is 3. The lowest BCUT2D eigenvalue weighted by molar-refractivity contribution is -0.383. The molecular weight excluding hydrogens is 418 g/mol. The summed E-state index contributed by atoms with van der Waals surface area (Å²) in [6, 6.07) is 19.8. The summed E-state index contributed by atoms with van der Waals surface area (Å²) in [5, 5.41) is 16.2. The average Bonchev–Trinajstić information content (AvgIpc) is 2.85. The molecule has 4 aromatic rings. The normalized spacial score (nSPS) is 13.8. The first-order valence-corrected chi connectivity index (χ1v) is 10.8. The number of pyridine rings is 1. The number of nitrogens with zero attached hydrogens (tertiary/aromatic N) is 6. The molecule has 1 saturated heterocycles. The van der Waals surface area contributed by atoms with Crippen LogP contribution < -0.4 is 15.1 Å². The third-order valence-corrected chi connectivity index (χ3v) is 5.80. The fourth-order valence-corrected chi connectivity index (χ4v) is 4.15. The summed E-state index contributed by atoms with van der Waals surface area (Å²) in [6.45, 7) is 4.67. The van der Waals surface area contributed by atoms with Gasteiger partial charge in [0, 0.05) is 42.9 Å². The number of rotatable bonds is 5. The summed E-state index contributed by atoms with van der Waals surface area (Å²) >= 11 is 0. The van der Waals surface area contributed by atoms with Crippen molar-refractivity contribution in [3.05, 3.63) is 82.8 Å². The number of hydrogen-bond donors (Lipinski definition) is 1. The first-order chi connectivity index (χ1) is 16.1. The molecule has 0 unspecified atom stereocenters. The minimum atomic E-state index is -0.412. The Morgan fingerprint density at radius 1 is 0.909 bits per heavy atom. The molecule has 0 radical (unpaired) electrons. The third-order valence-electron chi connectivity index (χ3n) is 5.80. The van der Waals surface area contributed by atoms with Crippen molar-refractivity contribution >= 4 is 39.6 Å². The minimum absolute atomic E-state index is 0.129. The topological polar surface area (TPSA) is 100 Å². The van der Waals surface area contributed by atoms with Crippen LogP contribution in [0.2, 0.25) is 0 Å². The molecule has 166 valence electrons. The molecule has 1 aliphatic rings. The highest BCUT2D eigenvalue weighted by molar-refractivity contribution is 5.93. The Hall–Kier alpha value is -4.27. The average molecular weight is 441 g/mol. The quantitative estimate of drug-likeness (QED) is 0.361. The number of hydrogen-bond acceptors (Lipinski definition) is 8. The van der Waals surface area contributed by atoms with Gasteiger partial charge in [0.25, 0.3) is 0 Å². The lowest BCUT2D eigenvalue weighted by Gasteiger charge is -2.36. The van der Waals surface area contributed by atoms with Crippen LogP contribution in [0.1, 0.15) is 5.69 Å². The molecule has 9 nitrogen and oxygen atoms in total. The van der Waals surface area contributed by atoms with E-state index in [2.05, 4.69) is 37.3 Å². The van der Waals surface area contributed by atoms with Gasteiger partial charge in [-0.05, 0) is 31.2 Å². The number of para-hydroxylation sites is 2. The van der Waals surface area contributed by atoms with Crippen molar-refractivity contribution in [2.75, 3.05) is 41.3 Å². The predicted molar refractivity (Wildman–Crippen MR) is 129 cm³/mol. The summed E-state index contributed by atoms with van der Waals surface area (Å²) in [4.78, 5) is 29.0. The minimum Gasteiger partial charge on any atom is -0.368 e.